The summed E-state index contributed by atoms with van der Waals surface area (Å²) in [6.45, 7) is 41.1. The van der Waals surface area contributed by atoms with Gasteiger partial charge in [0.1, 0.15) is 27.8 Å². The fourth-order valence-corrected chi connectivity index (χ4v) is 5.18. The van der Waals surface area contributed by atoms with Gasteiger partial charge in [-0.1, -0.05) is 149 Å². The zero-order valence-corrected chi connectivity index (χ0v) is 31.1. The van der Waals surface area contributed by atoms with Crippen LogP contribution in [0.2, 0.25) is 5.28 Å². The lowest BCUT2D eigenvalue weighted by atomic mass is 9.74. The molecule has 3 heteroatoms. The Morgan fingerprint density at radius 3 is 0.805 bits per heavy atom. The van der Waals surface area contributed by atoms with E-state index in [0.717, 1.165) is 11.5 Å². The Labute approximate surface area is 262 Å². The Bertz CT molecular complexity index is 1040. The molecule has 0 fully saturated rings. The van der Waals surface area contributed by atoms with E-state index < -0.39 is 6.29 Å². The Kier molecular flexibility index (Phi) is 10.1. The molecule has 0 aromatic heterocycles. The minimum absolute atomic E-state index is 0.0348. The summed E-state index contributed by atoms with van der Waals surface area (Å²) in [5.74, 6) is 1.93. The van der Waals surface area contributed by atoms with Crippen LogP contribution in [-0.4, -0.2) is 22.6 Å². The predicted molar refractivity (Wildman–Crippen MR) is 181 cm³/mol. The monoisotopic (exact) mass is 576 g/mol. The van der Waals surface area contributed by atoms with E-state index in [-0.39, 0.29) is 32.5 Å². The van der Waals surface area contributed by atoms with E-state index in [0.29, 0.717) is 5.28 Å². The largest absolute Gasteiger partial charge is 0.456 e. The quantitative estimate of drug-likeness (QED) is 0.260. The molecular weight excluding hydrogens is 515 g/mol. The lowest BCUT2D eigenvalue weighted by molar-refractivity contribution is 0.0172. The smallest absolute Gasteiger partial charge is 0.227 e. The Morgan fingerprint density at radius 2 is 0.659 bits per heavy atom. The number of benzene rings is 2. The first kappa shape index (κ1) is 35.8. The predicted octanol–water partition coefficient (Wildman–Crippen LogP) is 10.8. The van der Waals surface area contributed by atoms with Crippen LogP contribution in [0.5, 0.6) is 11.5 Å². The van der Waals surface area contributed by atoms with Gasteiger partial charge < -0.3 is 9.47 Å². The average Bonchev–Trinajstić information content (AvgIpc) is 2.73. The fourth-order valence-electron chi connectivity index (χ4n) is 4.99. The molecule has 41 heavy (non-hydrogen) atoms. The van der Waals surface area contributed by atoms with Gasteiger partial charge in [-0.05, 0) is 48.9 Å². The van der Waals surface area contributed by atoms with E-state index in [1.54, 1.807) is 0 Å². The highest BCUT2D eigenvalue weighted by Crippen LogP contribution is 2.46. The molecule has 0 aliphatic rings. The molecule has 0 aliphatic carbocycles. The van der Waals surface area contributed by atoms with Gasteiger partial charge >= 0.3 is 0 Å². The molecule has 0 saturated carbocycles. The third kappa shape index (κ3) is 8.80. The molecule has 2 nitrogen and oxygen atoms in total. The van der Waals surface area contributed by atoms with Crippen LogP contribution in [0.1, 0.15) is 158 Å². The Morgan fingerprint density at radius 1 is 0.439 bits per heavy atom. The standard InChI is InChI=1S/C38H61O2.Al/c1-24(39-31-27(35(8,9)10)20-25(33(2,3)4)21-28(31)36(11,12)13)40-32-29(37(14,15)16)22-26(34(5,6)7)23-30(32)38(17,18)19;/h20-24H,1H2,2-19H3;. The van der Waals surface area contributed by atoms with Crippen LogP contribution in [0.15, 0.2) is 24.3 Å². The third-order valence-electron chi connectivity index (χ3n) is 7.83. The zero-order chi connectivity index (χ0) is 32.1. The molecule has 228 valence electrons. The van der Waals surface area contributed by atoms with Gasteiger partial charge in [0.2, 0.25) is 6.29 Å². The van der Waals surface area contributed by atoms with Crippen molar-refractivity contribution in [3.8, 4) is 11.5 Å². The van der Waals surface area contributed by atoms with Crippen molar-refractivity contribution in [1.82, 2.24) is 0 Å². The van der Waals surface area contributed by atoms with Crippen molar-refractivity contribution in [2.75, 3.05) is 0 Å². The summed E-state index contributed by atoms with van der Waals surface area (Å²) in [4.78, 5) is 0. The van der Waals surface area contributed by atoms with Gasteiger partial charge in [-0.2, -0.15) is 0 Å². The highest BCUT2D eigenvalue weighted by atomic mass is 27.0. The molecule has 0 heterocycles. The van der Waals surface area contributed by atoms with Crippen LogP contribution in [0, 0.1) is 0 Å². The highest BCUT2D eigenvalue weighted by Gasteiger charge is 2.34. The number of hydrogen-bond acceptors (Lipinski definition) is 2. The van der Waals surface area contributed by atoms with Crippen LogP contribution >= 0.6 is 0 Å². The molecule has 2 aromatic carbocycles. The Balaban J connectivity index is 2.86. The van der Waals surface area contributed by atoms with Gasteiger partial charge in [0.05, 0.1) is 0 Å². The van der Waals surface area contributed by atoms with E-state index in [2.05, 4.69) is 165 Å². The van der Waals surface area contributed by atoms with Crippen molar-refractivity contribution in [3.05, 3.63) is 57.6 Å². The van der Waals surface area contributed by atoms with E-state index in [1.165, 1.54) is 33.4 Å². The van der Waals surface area contributed by atoms with Gasteiger partial charge in [0.15, 0.2) is 0 Å². The third-order valence-corrected chi connectivity index (χ3v) is 8.22. The molecule has 2 rings (SSSR count). The molecule has 0 N–H and O–H groups in total. The van der Waals surface area contributed by atoms with Gasteiger partial charge in [0.25, 0.3) is 0 Å². The van der Waals surface area contributed by atoms with Gasteiger partial charge in [-0.3, -0.25) is 0 Å². The molecule has 2 aromatic rings. The second-order valence-corrected chi connectivity index (χ2v) is 18.7. The summed E-state index contributed by atoms with van der Waals surface area (Å²) in [6.07, 6.45) is -0.453. The first-order valence-corrected chi connectivity index (χ1v) is 16.3. The second-order valence-electron chi connectivity index (χ2n) is 18.2. The molecular formula is C38H61AlO2. The lowest BCUT2D eigenvalue weighted by Crippen LogP contribution is -2.31. The first-order valence-electron chi connectivity index (χ1n) is 15.5. The van der Waals surface area contributed by atoms with E-state index in [1.807, 2.05) is 0 Å². The molecule has 0 saturated heterocycles. The van der Waals surface area contributed by atoms with Crippen LogP contribution in [-0.2, 0) is 32.5 Å². The zero-order valence-electron chi connectivity index (χ0n) is 30.0. The van der Waals surface area contributed by atoms with Gasteiger partial charge in [-0.15, -0.1) is 0 Å². The van der Waals surface area contributed by atoms with Crippen molar-refractivity contribution in [1.29, 1.82) is 0 Å². The summed E-state index contributed by atoms with van der Waals surface area (Å²) in [6, 6.07) is 9.46. The molecule has 0 unspecified atom stereocenters. The normalized spacial score (nSPS) is 14.0. The van der Waals surface area contributed by atoms with Crippen LogP contribution in [0.4, 0.5) is 0 Å². The number of ether oxygens (including phenoxy) is 2. The SMILES string of the molecule is CC(C)(C)c1cc(C(C)(C)C)c(OC([CH2][Al])Oc2c(C(C)(C)C)cc(C(C)(C)C)cc2C(C)(C)C)c(C(C)(C)C)c1. The van der Waals surface area contributed by atoms with Crippen molar-refractivity contribution in [3.63, 3.8) is 0 Å². The summed E-state index contributed by atoms with van der Waals surface area (Å²) in [7, 11) is 0. The van der Waals surface area contributed by atoms with Crippen molar-refractivity contribution >= 4 is 16.3 Å². The average molecular weight is 577 g/mol. The van der Waals surface area contributed by atoms with Crippen molar-refractivity contribution < 1.29 is 9.47 Å². The highest BCUT2D eigenvalue weighted by molar-refractivity contribution is 6.08. The van der Waals surface area contributed by atoms with Crippen molar-refractivity contribution in [2.45, 2.75) is 169 Å². The maximum atomic E-state index is 7.04. The molecule has 0 atom stereocenters. The van der Waals surface area contributed by atoms with Crippen LogP contribution in [0.3, 0.4) is 0 Å². The summed E-state index contributed by atoms with van der Waals surface area (Å²) >= 11 is 2.88. The first-order chi connectivity index (χ1) is 18.1. The molecule has 0 amide bonds. The maximum absolute atomic E-state index is 7.04. The van der Waals surface area contributed by atoms with Crippen molar-refractivity contribution in [2.24, 2.45) is 0 Å². The van der Waals surface area contributed by atoms with Crippen LogP contribution in [0.25, 0.3) is 0 Å². The maximum Gasteiger partial charge on any atom is 0.227 e. The molecule has 0 spiro atoms. The summed E-state index contributed by atoms with van der Waals surface area (Å²) < 4.78 is 14.1. The number of hydrogen-bond donors (Lipinski definition) is 0. The minimum atomic E-state index is -0.453. The Hall–Kier alpha value is -1.43. The molecule has 0 bridgehead atoms. The lowest BCUT2D eigenvalue weighted by Gasteiger charge is -2.36. The molecule has 2 radical (unpaired) electrons. The summed E-state index contributed by atoms with van der Waals surface area (Å²) in [5, 5.41) is 0.655. The topological polar surface area (TPSA) is 18.5 Å². The molecule has 0 aliphatic heterocycles. The number of rotatable bonds is 5. The van der Waals surface area contributed by atoms with E-state index >= 15 is 0 Å². The second kappa shape index (κ2) is 11.6. The summed E-state index contributed by atoms with van der Waals surface area (Å²) in [5.41, 5.74) is 7.31. The van der Waals surface area contributed by atoms with Crippen LogP contribution < -0.4 is 9.47 Å². The van der Waals surface area contributed by atoms with Gasteiger partial charge in [0, 0.05) is 22.3 Å². The fraction of sp³-hybridized carbons (Fsp3) is 0.684. The van der Waals surface area contributed by atoms with Gasteiger partial charge in [-0.25, -0.2) is 0 Å². The van der Waals surface area contributed by atoms with E-state index in [9.17, 15) is 0 Å². The van der Waals surface area contributed by atoms with E-state index in [4.69, 9.17) is 9.47 Å². The minimum Gasteiger partial charge on any atom is -0.456 e.